The summed E-state index contributed by atoms with van der Waals surface area (Å²) >= 11 is 0. The third kappa shape index (κ3) is 7.14. The number of aromatic nitrogens is 1. The Morgan fingerprint density at radius 1 is 1.08 bits per heavy atom. The Hall–Kier alpha value is -4.45. The lowest BCUT2D eigenvalue weighted by molar-refractivity contribution is -0.141. The molecule has 0 radical (unpaired) electrons. The van der Waals surface area contributed by atoms with Gasteiger partial charge < -0.3 is 39.3 Å². The van der Waals surface area contributed by atoms with E-state index < -0.39 is 30.2 Å². The molecule has 52 heavy (non-hydrogen) atoms. The van der Waals surface area contributed by atoms with E-state index in [2.05, 4.69) is 11.9 Å². The van der Waals surface area contributed by atoms with Gasteiger partial charge in [0.25, 0.3) is 0 Å². The minimum Gasteiger partial charge on any atom is -0.492 e. The second-order valence-corrected chi connectivity index (χ2v) is 14.1. The molecule has 2 aromatic carbocycles. The number of ether oxygens (including phenoxy) is 4. The van der Waals surface area contributed by atoms with Gasteiger partial charge >= 0.3 is 5.97 Å². The first-order valence-corrected chi connectivity index (χ1v) is 18.5. The van der Waals surface area contributed by atoms with Crippen molar-refractivity contribution in [3.8, 4) is 17.2 Å². The Labute approximate surface area is 303 Å². The van der Waals surface area contributed by atoms with E-state index in [1.54, 1.807) is 13.8 Å². The minimum atomic E-state index is -1.22. The summed E-state index contributed by atoms with van der Waals surface area (Å²) in [5.41, 5.74) is 2.88. The third-order valence-electron chi connectivity index (χ3n) is 10.5. The van der Waals surface area contributed by atoms with E-state index in [-0.39, 0.29) is 73.3 Å². The quantitative estimate of drug-likeness (QED) is 0.0816. The summed E-state index contributed by atoms with van der Waals surface area (Å²) in [6.45, 7) is 4.99. The van der Waals surface area contributed by atoms with Crippen molar-refractivity contribution in [3.63, 3.8) is 0 Å². The van der Waals surface area contributed by atoms with Gasteiger partial charge in [-0.15, -0.1) is 0 Å². The van der Waals surface area contributed by atoms with Gasteiger partial charge in [-0.2, -0.15) is 0 Å². The molecule has 3 heterocycles. The van der Waals surface area contributed by atoms with Crippen LogP contribution in [0.25, 0.3) is 16.5 Å². The van der Waals surface area contributed by atoms with Crippen LogP contribution in [0.1, 0.15) is 107 Å². The van der Waals surface area contributed by atoms with Gasteiger partial charge in [0.05, 0.1) is 42.1 Å². The smallest absolute Gasteiger partial charge is 0.375 e. The molecule has 0 spiro atoms. The number of allylic oxidation sites excluding steroid dienone is 3. The van der Waals surface area contributed by atoms with Gasteiger partial charge in [-0.25, -0.2) is 4.79 Å². The second kappa shape index (κ2) is 16.1. The number of fused-ring (bicyclic) bond motifs is 3. The molecule has 6 rings (SSSR count). The van der Waals surface area contributed by atoms with Crippen molar-refractivity contribution in [1.82, 2.24) is 4.98 Å². The molecule has 3 atom stereocenters. The molecule has 4 N–H and O–H groups in total. The molecule has 3 unspecified atom stereocenters. The number of rotatable bonds is 15. The highest BCUT2D eigenvalue weighted by Crippen LogP contribution is 2.56. The normalized spacial score (nSPS) is 20.9. The van der Waals surface area contributed by atoms with E-state index in [1.165, 1.54) is 0 Å². The molecule has 1 aliphatic carbocycles. The van der Waals surface area contributed by atoms with Crippen molar-refractivity contribution in [2.45, 2.75) is 109 Å². The van der Waals surface area contributed by atoms with Crippen molar-refractivity contribution in [2.75, 3.05) is 19.8 Å². The maximum Gasteiger partial charge on any atom is 0.375 e. The highest BCUT2D eigenvalue weighted by Gasteiger charge is 2.46. The van der Waals surface area contributed by atoms with E-state index in [9.17, 15) is 29.7 Å². The first-order valence-electron chi connectivity index (χ1n) is 18.5. The highest BCUT2D eigenvalue weighted by molar-refractivity contribution is 6.11. The van der Waals surface area contributed by atoms with E-state index >= 15 is 0 Å². The number of esters is 1. The fourth-order valence-corrected chi connectivity index (χ4v) is 7.75. The lowest BCUT2D eigenvalue weighted by atomic mass is 9.75. The molecule has 1 fully saturated rings. The van der Waals surface area contributed by atoms with Crippen LogP contribution in [-0.4, -0.2) is 69.9 Å². The molecule has 2 aliphatic heterocycles. The zero-order chi connectivity index (χ0) is 37.0. The Bertz CT molecular complexity index is 1900. The van der Waals surface area contributed by atoms with Crippen molar-refractivity contribution in [1.29, 1.82) is 0 Å². The van der Waals surface area contributed by atoms with E-state index in [0.29, 0.717) is 48.0 Å². The van der Waals surface area contributed by atoms with Crippen LogP contribution in [0.15, 0.2) is 47.4 Å². The number of Topliss-reactive ketones (excluding diaryl/α,β-unsaturated/α-hetero) is 1. The molecule has 3 aliphatic rings. The molecule has 1 aromatic heterocycles. The fraction of sp³-hybridized carbons (Fsp3) is 0.488. The molecular formula is C41H49NO10. The molecule has 0 bridgehead atoms. The summed E-state index contributed by atoms with van der Waals surface area (Å²) in [4.78, 5) is 43.3. The SMILES string of the molecule is CCCCCCC(C)(O)C1Cc2c(c(CO)c3c(c2OCCCO)C(=C2CCC(=O)C(c4ccc5[nH]ccc5c4)C2)C(C=O)=C(C(=O)OCC)O3)O1. The largest absolute Gasteiger partial charge is 0.492 e. The third-order valence-corrected chi connectivity index (χ3v) is 10.5. The number of aromatic amines is 1. The minimum absolute atomic E-state index is 0.0273. The van der Waals surface area contributed by atoms with Crippen LogP contribution in [0.4, 0.5) is 0 Å². The van der Waals surface area contributed by atoms with Crippen LogP contribution in [-0.2, 0) is 32.1 Å². The highest BCUT2D eigenvalue weighted by atomic mass is 16.6. The van der Waals surface area contributed by atoms with Gasteiger partial charge in [-0.3, -0.25) is 9.59 Å². The van der Waals surface area contributed by atoms with Gasteiger partial charge in [-0.1, -0.05) is 44.2 Å². The first kappa shape index (κ1) is 37.3. The summed E-state index contributed by atoms with van der Waals surface area (Å²) in [6.07, 6.45) is 7.48. The number of benzene rings is 2. The van der Waals surface area contributed by atoms with Gasteiger partial charge in [0, 0.05) is 54.6 Å². The zero-order valence-corrected chi connectivity index (χ0v) is 30.2. The first-order chi connectivity index (χ1) is 25.2. The van der Waals surface area contributed by atoms with Crippen molar-refractivity contribution in [2.24, 2.45) is 0 Å². The van der Waals surface area contributed by atoms with Crippen LogP contribution in [0.5, 0.6) is 17.2 Å². The Morgan fingerprint density at radius 2 is 1.90 bits per heavy atom. The van der Waals surface area contributed by atoms with E-state index in [1.807, 2.05) is 30.5 Å². The lowest BCUT2D eigenvalue weighted by Crippen LogP contribution is -2.42. The molecule has 1 saturated carbocycles. The Kier molecular flexibility index (Phi) is 11.5. The molecule has 0 saturated heterocycles. The number of nitrogens with one attached hydrogen (secondary N) is 1. The topological polar surface area (TPSA) is 165 Å². The number of carbonyl (C=O) groups is 3. The predicted molar refractivity (Wildman–Crippen MR) is 194 cm³/mol. The summed E-state index contributed by atoms with van der Waals surface area (Å²) in [5.74, 6) is -0.929. The standard InChI is InChI=1S/C41H49NO10/c1-4-6-7-8-15-41(3,48)33-21-28-36(51-33)30(23-45)38-35(37(28)50-18-9-17-43)34(29(22-44)39(52-38)40(47)49-5-2)26-11-13-32(46)27(20-26)24-10-12-31-25(19-24)14-16-42-31/h10,12,14,16,19,22,27,33,42-43,45,48H,4-9,11,13,15,17-18,20-21,23H2,1-3H3. The number of hydrogen-bond acceptors (Lipinski definition) is 10. The molecule has 278 valence electrons. The fourth-order valence-electron chi connectivity index (χ4n) is 7.75. The maximum atomic E-state index is 13.6. The number of H-pyrrole nitrogens is 1. The predicted octanol–water partition coefficient (Wildman–Crippen LogP) is 6.15. The Balaban J connectivity index is 1.55. The van der Waals surface area contributed by atoms with Gasteiger partial charge in [0.15, 0.2) is 6.29 Å². The number of aliphatic hydroxyl groups excluding tert-OH is 2. The number of carbonyl (C=O) groups excluding carboxylic acids is 3. The zero-order valence-electron chi connectivity index (χ0n) is 30.2. The molecule has 11 heteroatoms. The number of aliphatic hydroxyl groups is 3. The average Bonchev–Trinajstić information content (AvgIpc) is 3.81. The molecule has 3 aromatic rings. The average molecular weight is 716 g/mol. The Morgan fingerprint density at radius 3 is 2.63 bits per heavy atom. The summed E-state index contributed by atoms with van der Waals surface area (Å²) in [6, 6.07) is 7.81. The van der Waals surface area contributed by atoms with Crippen LogP contribution < -0.4 is 14.2 Å². The van der Waals surface area contributed by atoms with Crippen molar-refractivity contribution in [3.05, 3.63) is 69.6 Å². The van der Waals surface area contributed by atoms with Crippen LogP contribution in [0.2, 0.25) is 0 Å². The maximum absolute atomic E-state index is 13.6. The van der Waals surface area contributed by atoms with Crippen LogP contribution in [0.3, 0.4) is 0 Å². The van der Waals surface area contributed by atoms with Crippen LogP contribution >= 0.6 is 0 Å². The molecule has 11 nitrogen and oxygen atoms in total. The second-order valence-electron chi connectivity index (χ2n) is 14.1. The van der Waals surface area contributed by atoms with Crippen LogP contribution in [0, 0.1) is 0 Å². The van der Waals surface area contributed by atoms with Gasteiger partial charge in [0.2, 0.25) is 5.76 Å². The lowest BCUT2D eigenvalue weighted by Gasteiger charge is -2.32. The van der Waals surface area contributed by atoms with Gasteiger partial charge in [-0.05, 0) is 62.3 Å². The van der Waals surface area contributed by atoms with Gasteiger partial charge in [0.1, 0.15) is 29.1 Å². The van der Waals surface area contributed by atoms with E-state index in [0.717, 1.165) is 47.7 Å². The molecule has 0 amide bonds. The van der Waals surface area contributed by atoms with Crippen molar-refractivity contribution >= 4 is 34.5 Å². The summed E-state index contributed by atoms with van der Waals surface area (Å²) in [5, 5.41) is 33.3. The number of ketones is 1. The van der Waals surface area contributed by atoms with E-state index in [4.69, 9.17) is 18.9 Å². The molecular weight excluding hydrogens is 666 g/mol. The number of aldehydes is 1. The number of hydrogen-bond donors (Lipinski definition) is 4. The summed E-state index contributed by atoms with van der Waals surface area (Å²) in [7, 11) is 0. The van der Waals surface area contributed by atoms with Crippen molar-refractivity contribution < 1.29 is 48.7 Å². The summed E-state index contributed by atoms with van der Waals surface area (Å²) < 4.78 is 24.6. The monoisotopic (exact) mass is 715 g/mol. The number of unbranched alkanes of at least 4 members (excludes halogenated alkanes) is 3.